The molecule has 1 aliphatic carbocycles. The summed E-state index contributed by atoms with van der Waals surface area (Å²) in [5.41, 5.74) is 1.07. The second kappa shape index (κ2) is 5.78. The van der Waals surface area contributed by atoms with Gasteiger partial charge in [0.25, 0.3) is 0 Å². The molecule has 2 atom stereocenters. The third kappa shape index (κ3) is 2.61. The van der Waals surface area contributed by atoms with Crippen molar-refractivity contribution < 1.29 is 9.47 Å². The van der Waals surface area contributed by atoms with Crippen LogP contribution in [0.1, 0.15) is 37.8 Å². The second-order valence-electron chi connectivity index (χ2n) is 7.08. The summed E-state index contributed by atoms with van der Waals surface area (Å²) in [5.74, 6) is 0. The van der Waals surface area contributed by atoms with Gasteiger partial charge < -0.3 is 9.47 Å². The maximum atomic E-state index is 6.00. The van der Waals surface area contributed by atoms with E-state index in [1.807, 2.05) is 13.0 Å². The fourth-order valence-electron chi connectivity index (χ4n) is 4.06. The van der Waals surface area contributed by atoms with Gasteiger partial charge in [-0.15, -0.1) is 0 Å². The lowest BCUT2D eigenvalue weighted by Gasteiger charge is -2.48. The number of hydrogen-bond donors (Lipinski definition) is 0. The molecule has 5 heteroatoms. The van der Waals surface area contributed by atoms with Gasteiger partial charge >= 0.3 is 6.01 Å². The molecule has 0 radical (unpaired) electrons. The second-order valence-corrected chi connectivity index (χ2v) is 7.08. The van der Waals surface area contributed by atoms with Gasteiger partial charge in [0, 0.05) is 43.0 Å². The molecule has 2 aliphatic heterocycles. The van der Waals surface area contributed by atoms with Crippen molar-refractivity contribution in [2.24, 2.45) is 5.41 Å². The summed E-state index contributed by atoms with van der Waals surface area (Å²) >= 11 is 0. The first-order valence-corrected chi connectivity index (χ1v) is 8.53. The van der Waals surface area contributed by atoms with E-state index < -0.39 is 0 Å². The van der Waals surface area contributed by atoms with E-state index in [2.05, 4.69) is 14.9 Å². The number of aryl methyl sites for hydroxylation is 1. The van der Waals surface area contributed by atoms with Crippen LogP contribution in [0.3, 0.4) is 0 Å². The predicted octanol–water partition coefficient (Wildman–Crippen LogP) is 2.20. The highest BCUT2D eigenvalue weighted by Crippen LogP contribution is 2.43. The van der Waals surface area contributed by atoms with Crippen molar-refractivity contribution in [1.82, 2.24) is 14.9 Å². The van der Waals surface area contributed by atoms with Gasteiger partial charge in [-0.2, -0.15) is 0 Å². The fourth-order valence-corrected chi connectivity index (χ4v) is 4.06. The predicted molar refractivity (Wildman–Crippen MR) is 82.9 cm³/mol. The Morgan fingerprint density at radius 3 is 3.09 bits per heavy atom. The zero-order valence-electron chi connectivity index (χ0n) is 13.3. The van der Waals surface area contributed by atoms with Gasteiger partial charge in [0.05, 0.1) is 6.10 Å². The van der Waals surface area contributed by atoms with Gasteiger partial charge in [-0.25, -0.2) is 9.97 Å². The summed E-state index contributed by atoms with van der Waals surface area (Å²) in [7, 11) is 0. The first-order chi connectivity index (χ1) is 10.8. The maximum absolute atomic E-state index is 6.00. The molecular formula is C17H25N3O2. The lowest BCUT2D eigenvalue weighted by Crippen LogP contribution is -2.56. The highest BCUT2D eigenvalue weighted by Gasteiger charge is 2.50. The largest absolute Gasteiger partial charge is 0.463 e. The standard InChI is InChI=1S/C17H25N3O2/c1-13-5-8-18-16(19-13)22-12-17-7-10-21-15(17)6-9-20(11-17)14-3-2-4-14/h5,8,14-15H,2-4,6-7,9-12H2,1H3/t15-,17+/m0/s1. The summed E-state index contributed by atoms with van der Waals surface area (Å²) in [5, 5.41) is 0. The van der Waals surface area contributed by atoms with Crippen molar-refractivity contribution in [1.29, 1.82) is 0 Å². The third-order valence-electron chi connectivity index (χ3n) is 5.65. The van der Waals surface area contributed by atoms with Crippen LogP contribution in [-0.4, -0.2) is 53.3 Å². The highest BCUT2D eigenvalue weighted by molar-refractivity contribution is 5.05. The number of likely N-dealkylation sites (tertiary alicyclic amines) is 1. The summed E-state index contributed by atoms with van der Waals surface area (Å²) in [6.07, 6.45) is 8.45. The fraction of sp³-hybridized carbons (Fsp3) is 0.765. The van der Waals surface area contributed by atoms with Gasteiger partial charge in [0.1, 0.15) is 6.61 Å². The first kappa shape index (κ1) is 14.4. The van der Waals surface area contributed by atoms with E-state index in [1.165, 1.54) is 25.8 Å². The van der Waals surface area contributed by atoms with E-state index in [1.54, 1.807) is 6.20 Å². The molecule has 1 aromatic rings. The summed E-state index contributed by atoms with van der Waals surface area (Å²) in [4.78, 5) is 11.3. The average molecular weight is 303 g/mol. The number of piperidine rings is 1. The van der Waals surface area contributed by atoms with Gasteiger partial charge in [-0.1, -0.05) is 6.42 Å². The summed E-state index contributed by atoms with van der Waals surface area (Å²) in [6.45, 7) is 5.78. The molecule has 4 rings (SSSR count). The van der Waals surface area contributed by atoms with Crippen molar-refractivity contribution in [2.75, 3.05) is 26.3 Å². The van der Waals surface area contributed by atoms with Crippen LogP contribution in [0.4, 0.5) is 0 Å². The van der Waals surface area contributed by atoms with Gasteiger partial charge in [0.2, 0.25) is 0 Å². The molecule has 0 N–H and O–H groups in total. The molecule has 0 bridgehead atoms. The Labute approximate surface area is 132 Å². The zero-order valence-corrected chi connectivity index (χ0v) is 13.3. The van der Waals surface area contributed by atoms with Crippen LogP contribution < -0.4 is 4.74 Å². The van der Waals surface area contributed by atoms with Crippen LogP contribution >= 0.6 is 0 Å². The monoisotopic (exact) mass is 303 g/mol. The molecule has 5 nitrogen and oxygen atoms in total. The van der Waals surface area contributed by atoms with Crippen molar-refractivity contribution >= 4 is 0 Å². The normalized spacial score (nSPS) is 32.5. The lowest BCUT2D eigenvalue weighted by atomic mass is 9.75. The Balaban J connectivity index is 1.46. The van der Waals surface area contributed by atoms with Crippen LogP contribution in [0.25, 0.3) is 0 Å². The Hall–Kier alpha value is -1.20. The molecule has 3 heterocycles. The highest BCUT2D eigenvalue weighted by atomic mass is 16.5. The van der Waals surface area contributed by atoms with Crippen molar-refractivity contribution in [3.63, 3.8) is 0 Å². The van der Waals surface area contributed by atoms with Gasteiger partial charge in [-0.05, 0) is 38.7 Å². The minimum Gasteiger partial charge on any atom is -0.463 e. The van der Waals surface area contributed by atoms with Crippen LogP contribution in [0, 0.1) is 12.3 Å². The molecular weight excluding hydrogens is 278 g/mol. The van der Waals surface area contributed by atoms with E-state index in [0.717, 1.165) is 37.7 Å². The number of nitrogens with zero attached hydrogens (tertiary/aromatic N) is 3. The Morgan fingerprint density at radius 1 is 1.41 bits per heavy atom. The Kier molecular flexibility index (Phi) is 3.78. The molecule has 0 spiro atoms. The summed E-state index contributed by atoms with van der Waals surface area (Å²) in [6, 6.07) is 3.19. The van der Waals surface area contributed by atoms with Crippen LogP contribution in [0.15, 0.2) is 12.3 Å². The van der Waals surface area contributed by atoms with Crippen molar-refractivity contribution in [3.8, 4) is 6.01 Å². The topological polar surface area (TPSA) is 47.5 Å². The number of ether oxygens (including phenoxy) is 2. The SMILES string of the molecule is Cc1ccnc(OC[C@]23CCO[C@H]2CCN(C2CCC2)C3)n1. The molecule has 3 fully saturated rings. The molecule has 0 aromatic carbocycles. The van der Waals surface area contributed by atoms with Crippen LogP contribution in [0.5, 0.6) is 6.01 Å². The molecule has 2 saturated heterocycles. The molecule has 1 saturated carbocycles. The Morgan fingerprint density at radius 2 is 2.32 bits per heavy atom. The molecule has 0 amide bonds. The van der Waals surface area contributed by atoms with Crippen LogP contribution in [0.2, 0.25) is 0 Å². The smallest absolute Gasteiger partial charge is 0.316 e. The quantitative estimate of drug-likeness (QED) is 0.853. The third-order valence-corrected chi connectivity index (χ3v) is 5.65. The van der Waals surface area contributed by atoms with E-state index in [0.29, 0.717) is 18.7 Å². The summed E-state index contributed by atoms with van der Waals surface area (Å²) < 4.78 is 12.0. The number of fused-ring (bicyclic) bond motifs is 1. The van der Waals surface area contributed by atoms with Crippen molar-refractivity contribution in [2.45, 2.75) is 51.2 Å². The van der Waals surface area contributed by atoms with E-state index >= 15 is 0 Å². The minimum atomic E-state index is 0.126. The van der Waals surface area contributed by atoms with Crippen LogP contribution in [-0.2, 0) is 4.74 Å². The molecule has 120 valence electrons. The average Bonchev–Trinajstić information content (AvgIpc) is 2.87. The molecule has 3 aliphatic rings. The Bertz CT molecular complexity index is 534. The minimum absolute atomic E-state index is 0.126. The van der Waals surface area contributed by atoms with E-state index in [4.69, 9.17) is 9.47 Å². The zero-order chi connectivity index (χ0) is 15.0. The van der Waals surface area contributed by atoms with Crippen molar-refractivity contribution in [3.05, 3.63) is 18.0 Å². The first-order valence-electron chi connectivity index (χ1n) is 8.53. The molecule has 22 heavy (non-hydrogen) atoms. The maximum Gasteiger partial charge on any atom is 0.316 e. The van der Waals surface area contributed by atoms with Gasteiger partial charge in [-0.3, -0.25) is 4.90 Å². The number of aromatic nitrogens is 2. The number of rotatable bonds is 4. The lowest BCUT2D eigenvalue weighted by molar-refractivity contribution is -0.0610. The number of hydrogen-bond acceptors (Lipinski definition) is 5. The van der Waals surface area contributed by atoms with Gasteiger partial charge in [0.15, 0.2) is 0 Å². The molecule has 1 aromatic heterocycles. The van der Waals surface area contributed by atoms with E-state index in [-0.39, 0.29) is 5.41 Å². The van der Waals surface area contributed by atoms with E-state index in [9.17, 15) is 0 Å². The molecule has 0 unspecified atom stereocenters.